The number of rotatable bonds is 6. The molecule has 1 saturated heterocycles. The number of hydrogen-bond donors (Lipinski definition) is 0. The van der Waals surface area contributed by atoms with Crippen molar-refractivity contribution >= 4 is 11.8 Å². The maximum absolute atomic E-state index is 12.9. The molecule has 1 aromatic heterocycles. The first kappa shape index (κ1) is 22.6. The van der Waals surface area contributed by atoms with Gasteiger partial charge in [0.15, 0.2) is 5.76 Å². The first-order valence-corrected chi connectivity index (χ1v) is 11.9. The van der Waals surface area contributed by atoms with Crippen LogP contribution in [0.15, 0.2) is 40.8 Å². The second kappa shape index (κ2) is 10.3. The molecule has 1 aliphatic carbocycles. The fraction of sp³-hybridized carbons (Fsp3) is 0.538. The molecular formula is C26H35N3O3. The molecule has 1 saturated carbocycles. The van der Waals surface area contributed by atoms with Crippen LogP contribution in [0.3, 0.4) is 0 Å². The van der Waals surface area contributed by atoms with E-state index in [0.717, 1.165) is 12.3 Å². The summed E-state index contributed by atoms with van der Waals surface area (Å²) >= 11 is 0. The van der Waals surface area contributed by atoms with Crippen molar-refractivity contribution in [3.05, 3.63) is 59.0 Å². The van der Waals surface area contributed by atoms with Crippen LogP contribution in [0.5, 0.6) is 0 Å². The molecule has 172 valence electrons. The van der Waals surface area contributed by atoms with Crippen molar-refractivity contribution in [2.45, 2.75) is 65.1 Å². The Kier molecular flexibility index (Phi) is 7.30. The van der Waals surface area contributed by atoms with Crippen LogP contribution in [0.25, 0.3) is 0 Å². The van der Waals surface area contributed by atoms with Gasteiger partial charge in [-0.3, -0.25) is 14.5 Å². The molecule has 0 bridgehead atoms. The molecule has 0 radical (unpaired) electrons. The first-order valence-electron chi connectivity index (χ1n) is 11.9. The third kappa shape index (κ3) is 5.60. The lowest BCUT2D eigenvalue weighted by Gasteiger charge is -2.34. The third-order valence-corrected chi connectivity index (χ3v) is 6.80. The number of hydrogen-bond acceptors (Lipinski definition) is 4. The van der Waals surface area contributed by atoms with E-state index in [2.05, 4.69) is 36.1 Å². The fourth-order valence-corrected chi connectivity index (χ4v) is 4.96. The number of aryl methyl sites for hydroxylation is 1. The zero-order valence-electron chi connectivity index (χ0n) is 19.4. The summed E-state index contributed by atoms with van der Waals surface area (Å²) < 4.78 is 6.04. The number of carbonyl (C=O) groups is 2. The summed E-state index contributed by atoms with van der Waals surface area (Å²) in [5.41, 5.74) is 2.60. The molecule has 0 atom stereocenters. The van der Waals surface area contributed by atoms with Crippen molar-refractivity contribution in [2.75, 3.05) is 26.2 Å². The predicted octanol–water partition coefficient (Wildman–Crippen LogP) is 4.23. The third-order valence-electron chi connectivity index (χ3n) is 6.80. The van der Waals surface area contributed by atoms with Gasteiger partial charge >= 0.3 is 0 Å². The SMILES string of the molecule is CC(=O)N1CCN(C(=O)c2ccc(CN(Cc3cccc(C)c3)C3CCCCC3)o2)CC1. The summed E-state index contributed by atoms with van der Waals surface area (Å²) in [4.78, 5) is 30.5. The minimum Gasteiger partial charge on any atom is -0.455 e. The van der Waals surface area contributed by atoms with E-state index >= 15 is 0 Å². The molecule has 2 aromatic rings. The molecule has 0 N–H and O–H groups in total. The van der Waals surface area contributed by atoms with Gasteiger partial charge in [0.1, 0.15) is 5.76 Å². The monoisotopic (exact) mass is 437 g/mol. The summed E-state index contributed by atoms with van der Waals surface area (Å²) in [6, 6.07) is 13.0. The lowest BCUT2D eigenvalue weighted by molar-refractivity contribution is -0.130. The van der Waals surface area contributed by atoms with Crippen LogP contribution in [0, 0.1) is 6.92 Å². The summed E-state index contributed by atoms with van der Waals surface area (Å²) in [6.45, 7) is 7.58. The highest BCUT2D eigenvalue weighted by Crippen LogP contribution is 2.26. The van der Waals surface area contributed by atoms with Crippen LogP contribution in [-0.2, 0) is 17.9 Å². The molecule has 6 heteroatoms. The molecule has 0 spiro atoms. The molecule has 2 aliphatic rings. The van der Waals surface area contributed by atoms with Gasteiger partial charge < -0.3 is 14.2 Å². The zero-order chi connectivity index (χ0) is 22.5. The van der Waals surface area contributed by atoms with E-state index < -0.39 is 0 Å². The average molecular weight is 438 g/mol. The number of piperazine rings is 1. The maximum Gasteiger partial charge on any atom is 0.289 e. The normalized spacial score (nSPS) is 17.7. The van der Waals surface area contributed by atoms with Crippen molar-refractivity contribution < 1.29 is 14.0 Å². The summed E-state index contributed by atoms with van der Waals surface area (Å²) in [5, 5.41) is 0. The van der Waals surface area contributed by atoms with Gasteiger partial charge in [0.25, 0.3) is 5.91 Å². The van der Waals surface area contributed by atoms with Crippen molar-refractivity contribution in [3.8, 4) is 0 Å². The summed E-state index contributed by atoms with van der Waals surface area (Å²) in [7, 11) is 0. The van der Waals surface area contributed by atoms with Crippen LogP contribution in [0.2, 0.25) is 0 Å². The van der Waals surface area contributed by atoms with Crippen molar-refractivity contribution in [1.29, 1.82) is 0 Å². The molecule has 1 aromatic carbocycles. The second-order valence-electron chi connectivity index (χ2n) is 9.25. The van der Waals surface area contributed by atoms with Gasteiger partial charge in [0, 0.05) is 45.7 Å². The van der Waals surface area contributed by atoms with Crippen molar-refractivity contribution in [2.24, 2.45) is 0 Å². The van der Waals surface area contributed by atoms with Crippen molar-refractivity contribution in [3.63, 3.8) is 0 Å². The summed E-state index contributed by atoms with van der Waals surface area (Å²) in [6.07, 6.45) is 6.33. The molecule has 2 heterocycles. The number of benzene rings is 1. The van der Waals surface area contributed by atoms with Gasteiger partial charge in [-0.25, -0.2) is 0 Å². The van der Waals surface area contributed by atoms with Gasteiger partial charge in [-0.1, -0.05) is 49.1 Å². The van der Waals surface area contributed by atoms with Gasteiger partial charge in [-0.05, 0) is 37.5 Å². The van der Waals surface area contributed by atoms with Gasteiger partial charge in [-0.2, -0.15) is 0 Å². The van der Waals surface area contributed by atoms with E-state index in [4.69, 9.17) is 4.42 Å². The molecule has 0 unspecified atom stereocenters. The van der Waals surface area contributed by atoms with E-state index in [1.807, 2.05) is 6.07 Å². The number of furan rings is 1. The maximum atomic E-state index is 12.9. The van der Waals surface area contributed by atoms with E-state index in [9.17, 15) is 9.59 Å². The molecule has 32 heavy (non-hydrogen) atoms. The minimum absolute atomic E-state index is 0.0637. The second-order valence-corrected chi connectivity index (χ2v) is 9.25. The van der Waals surface area contributed by atoms with E-state index in [1.54, 1.807) is 22.8 Å². The Morgan fingerprint density at radius 1 is 0.969 bits per heavy atom. The van der Waals surface area contributed by atoms with Crippen LogP contribution >= 0.6 is 0 Å². The van der Waals surface area contributed by atoms with Crippen LogP contribution < -0.4 is 0 Å². The number of carbonyl (C=O) groups excluding carboxylic acids is 2. The minimum atomic E-state index is -0.0812. The first-order chi connectivity index (χ1) is 15.5. The highest BCUT2D eigenvalue weighted by molar-refractivity contribution is 5.91. The number of amides is 2. The Morgan fingerprint density at radius 2 is 1.69 bits per heavy atom. The highest BCUT2D eigenvalue weighted by atomic mass is 16.4. The van der Waals surface area contributed by atoms with Crippen LogP contribution in [-0.4, -0.2) is 58.7 Å². The lowest BCUT2D eigenvalue weighted by Crippen LogP contribution is -2.50. The quantitative estimate of drug-likeness (QED) is 0.679. The Morgan fingerprint density at radius 3 is 2.38 bits per heavy atom. The zero-order valence-corrected chi connectivity index (χ0v) is 19.4. The molecule has 2 amide bonds. The van der Waals surface area contributed by atoms with Crippen molar-refractivity contribution in [1.82, 2.24) is 14.7 Å². The lowest BCUT2D eigenvalue weighted by atomic mass is 9.93. The molecule has 2 fully saturated rings. The van der Waals surface area contributed by atoms with E-state index in [1.165, 1.54) is 43.2 Å². The molecule has 1 aliphatic heterocycles. The molecule has 6 nitrogen and oxygen atoms in total. The van der Waals surface area contributed by atoms with Gasteiger partial charge in [0.05, 0.1) is 6.54 Å². The predicted molar refractivity (Wildman–Crippen MR) is 124 cm³/mol. The number of nitrogens with zero attached hydrogens (tertiary/aromatic N) is 3. The average Bonchev–Trinajstić information content (AvgIpc) is 3.27. The standard InChI is InChI=1S/C26H35N3O3/c1-20-7-6-8-22(17-20)18-29(23-9-4-3-5-10-23)19-24-11-12-25(32-24)26(31)28-15-13-27(14-16-28)21(2)30/h6-8,11-12,17,23H,3-5,9-10,13-16,18-19H2,1-2H3. The largest absolute Gasteiger partial charge is 0.455 e. The molecule has 4 rings (SSSR count). The summed E-state index contributed by atoms with van der Waals surface area (Å²) in [5.74, 6) is 1.22. The van der Waals surface area contributed by atoms with E-state index in [0.29, 0.717) is 44.5 Å². The topological polar surface area (TPSA) is 57.0 Å². The Balaban J connectivity index is 1.42. The Hall–Kier alpha value is -2.60. The van der Waals surface area contributed by atoms with E-state index in [-0.39, 0.29) is 11.8 Å². The Labute approximate surface area is 191 Å². The van der Waals surface area contributed by atoms with Gasteiger partial charge in [0.2, 0.25) is 5.91 Å². The van der Waals surface area contributed by atoms with Gasteiger partial charge in [-0.15, -0.1) is 0 Å². The highest BCUT2D eigenvalue weighted by Gasteiger charge is 2.26. The molecular weight excluding hydrogens is 402 g/mol. The Bertz CT molecular complexity index is 924. The smallest absolute Gasteiger partial charge is 0.289 e. The van der Waals surface area contributed by atoms with Crippen LogP contribution in [0.1, 0.15) is 66.5 Å². The van der Waals surface area contributed by atoms with Crippen LogP contribution in [0.4, 0.5) is 0 Å². The fourth-order valence-electron chi connectivity index (χ4n) is 4.96.